The van der Waals surface area contributed by atoms with E-state index in [0.717, 1.165) is 37.2 Å². The summed E-state index contributed by atoms with van der Waals surface area (Å²) in [5.74, 6) is -0.162. The number of esters is 1. The molecule has 1 heterocycles. The Balaban J connectivity index is 1.47. The molecule has 0 aliphatic carbocycles. The maximum atomic E-state index is 12.2. The summed E-state index contributed by atoms with van der Waals surface area (Å²) in [5.41, 5.74) is 3.28. The molecule has 28 heavy (non-hydrogen) atoms. The van der Waals surface area contributed by atoms with E-state index in [0.29, 0.717) is 11.1 Å². The molecule has 1 aliphatic rings. The van der Waals surface area contributed by atoms with Gasteiger partial charge in [0, 0.05) is 42.7 Å². The number of carbonyl (C=O) groups is 3. The van der Waals surface area contributed by atoms with Crippen LogP contribution in [-0.2, 0) is 16.0 Å². The van der Waals surface area contributed by atoms with Gasteiger partial charge in [0.1, 0.15) is 6.10 Å². The van der Waals surface area contributed by atoms with Gasteiger partial charge in [0.2, 0.25) is 0 Å². The second-order valence-corrected chi connectivity index (χ2v) is 7.21. The summed E-state index contributed by atoms with van der Waals surface area (Å²) in [4.78, 5) is 37.1. The van der Waals surface area contributed by atoms with Crippen LogP contribution >= 0.6 is 0 Å². The number of Topliss-reactive ketones (excluding diaryl/α,β-unsaturated/α-hetero) is 2. The van der Waals surface area contributed by atoms with E-state index in [4.69, 9.17) is 4.74 Å². The molecular formula is C23H25NO4. The maximum Gasteiger partial charge on any atom is 0.310 e. The number of ether oxygens (including phenoxy) is 1. The first-order valence-corrected chi connectivity index (χ1v) is 9.57. The Morgan fingerprint density at radius 2 is 1.36 bits per heavy atom. The lowest BCUT2D eigenvalue weighted by molar-refractivity contribution is -0.149. The standard InChI is InChI=1S/C23H25NO4/c1-16(25)19-5-3-18(4-6-19)15-23(27)28-22-11-13-24(14-12-22)21-9-7-20(8-10-21)17(2)26/h3-10,22H,11-15H2,1-2H3. The number of ketones is 2. The minimum atomic E-state index is -0.236. The molecular weight excluding hydrogens is 354 g/mol. The van der Waals surface area contributed by atoms with E-state index in [1.807, 2.05) is 24.3 Å². The fraction of sp³-hybridized carbons (Fsp3) is 0.348. The molecule has 2 aromatic rings. The van der Waals surface area contributed by atoms with Gasteiger partial charge in [-0.05, 0) is 43.7 Å². The Bertz CT molecular complexity index is 847. The molecule has 0 N–H and O–H groups in total. The Morgan fingerprint density at radius 3 is 1.86 bits per heavy atom. The van der Waals surface area contributed by atoms with Crippen LogP contribution in [0, 0.1) is 0 Å². The molecule has 3 rings (SSSR count). The van der Waals surface area contributed by atoms with Gasteiger partial charge in [0.15, 0.2) is 11.6 Å². The fourth-order valence-corrected chi connectivity index (χ4v) is 3.39. The van der Waals surface area contributed by atoms with Crippen LogP contribution in [0.3, 0.4) is 0 Å². The first-order valence-electron chi connectivity index (χ1n) is 9.57. The number of hydrogen-bond acceptors (Lipinski definition) is 5. The predicted octanol–water partition coefficient (Wildman–Crippen LogP) is 3.85. The third-order valence-electron chi connectivity index (χ3n) is 5.09. The molecule has 0 spiro atoms. The molecule has 1 fully saturated rings. The molecule has 1 saturated heterocycles. The van der Waals surface area contributed by atoms with Crippen LogP contribution in [0.5, 0.6) is 0 Å². The zero-order valence-corrected chi connectivity index (χ0v) is 16.3. The van der Waals surface area contributed by atoms with E-state index in [1.54, 1.807) is 31.2 Å². The van der Waals surface area contributed by atoms with E-state index in [1.165, 1.54) is 6.92 Å². The second-order valence-electron chi connectivity index (χ2n) is 7.21. The third-order valence-corrected chi connectivity index (χ3v) is 5.09. The van der Waals surface area contributed by atoms with Crippen LogP contribution in [0.4, 0.5) is 5.69 Å². The zero-order valence-electron chi connectivity index (χ0n) is 16.3. The molecule has 1 aliphatic heterocycles. The van der Waals surface area contributed by atoms with Crippen molar-refractivity contribution in [3.63, 3.8) is 0 Å². The molecule has 5 nitrogen and oxygen atoms in total. The molecule has 0 aromatic heterocycles. The lowest BCUT2D eigenvalue weighted by atomic mass is 10.1. The average Bonchev–Trinajstić information content (AvgIpc) is 2.69. The number of carbonyl (C=O) groups excluding carboxylic acids is 3. The van der Waals surface area contributed by atoms with E-state index in [9.17, 15) is 14.4 Å². The maximum absolute atomic E-state index is 12.2. The summed E-state index contributed by atoms with van der Waals surface area (Å²) in [6, 6.07) is 14.7. The summed E-state index contributed by atoms with van der Waals surface area (Å²) >= 11 is 0. The summed E-state index contributed by atoms with van der Waals surface area (Å²) in [5, 5.41) is 0. The number of benzene rings is 2. The summed E-state index contributed by atoms with van der Waals surface area (Å²) < 4.78 is 5.63. The van der Waals surface area contributed by atoms with Crippen molar-refractivity contribution >= 4 is 23.2 Å². The molecule has 2 aromatic carbocycles. The van der Waals surface area contributed by atoms with Crippen molar-refractivity contribution < 1.29 is 19.1 Å². The summed E-state index contributed by atoms with van der Waals surface area (Å²) in [7, 11) is 0. The fourth-order valence-electron chi connectivity index (χ4n) is 3.39. The lowest BCUT2D eigenvalue weighted by Crippen LogP contribution is -2.38. The lowest BCUT2D eigenvalue weighted by Gasteiger charge is -2.33. The van der Waals surface area contributed by atoms with E-state index < -0.39 is 0 Å². The summed E-state index contributed by atoms with van der Waals surface area (Å²) in [6.07, 6.45) is 1.70. The van der Waals surface area contributed by atoms with Crippen LogP contribution in [-0.4, -0.2) is 36.7 Å². The molecule has 0 amide bonds. The Morgan fingerprint density at radius 1 is 0.857 bits per heavy atom. The SMILES string of the molecule is CC(=O)c1ccc(CC(=O)OC2CCN(c3ccc(C(C)=O)cc3)CC2)cc1. The van der Waals surface area contributed by atoms with Gasteiger partial charge in [0.25, 0.3) is 0 Å². The van der Waals surface area contributed by atoms with Gasteiger partial charge in [-0.25, -0.2) is 0 Å². The van der Waals surface area contributed by atoms with Gasteiger partial charge < -0.3 is 9.64 Å². The van der Waals surface area contributed by atoms with Crippen molar-refractivity contribution in [3.8, 4) is 0 Å². The zero-order chi connectivity index (χ0) is 20.1. The largest absolute Gasteiger partial charge is 0.462 e. The van der Waals surface area contributed by atoms with E-state index in [-0.39, 0.29) is 30.1 Å². The highest BCUT2D eigenvalue weighted by Gasteiger charge is 2.22. The highest BCUT2D eigenvalue weighted by atomic mass is 16.5. The average molecular weight is 379 g/mol. The first kappa shape index (κ1) is 19.8. The Kier molecular flexibility index (Phi) is 6.24. The molecule has 146 valence electrons. The van der Waals surface area contributed by atoms with Crippen molar-refractivity contribution in [2.45, 2.75) is 39.2 Å². The highest BCUT2D eigenvalue weighted by Crippen LogP contribution is 2.22. The first-order chi connectivity index (χ1) is 13.4. The molecule has 5 heteroatoms. The Labute approximate surface area is 165 Å². The smallest absolute Gasteiger partial charge is 0.310 e. The van der Waals surface area contributed by atoms with Crippen molar-refractivity contribution in [1.29, 1.82) is 0 Å². The number of piperidine rings is 1. The highest BCUT2D eigenvalue weighted by molar-refractivity contribution is 5.94. The van der Waals surface area contributed by atoms with E-state index >= 15 is 0 Å². The minimum Gasteiger partial charge on any atom is -0.462 e. The monoisotopic (exact) mass is 379 g/mol. The van der Waals surface area contributed by atoms with E-state index in [2.05, 4.69) is 4.90 Å². The van der Waals surface area contributed by atoms with Crippen molar-refractivity contribution in [2.75, 3.05) is 18.0 Å². The molecule has 0 saturated carbocycles. The summed E-state index contributed by atoms with van der Waals surface area (Å²) in [6.45, 7) is 4.70. The molecule has 0 radical (unpaired) electrons. The van der Waals surface area contributed by atoms with Crippen LogP contribution in [0.15, 0.2) is 48.5 Å². The Hall–Kier alpha value is -2.95. The molecule has 0 bridgehead atoms. The van der Waals surface area contributed by atoms with Gasteiger partial charge in [0.05, 0.1) is 6.42 Å². The normalized spacial score (nSPS) is 14.6. The topological polar surface area (TPSA) is 63.7 Å². The third kappa shape index (κ3) is 5.06. The number of hydrogen-bond donors (Lipinski definition) is 0. The number of rotatable bonds is 6. The van der Waals surface area contributed by atoms with Crippen LogP contribution in [0.2, 0.25) is 0 Å². The van der Waals surface area contributed by atoms with Crippen molar-refractivity contribution in [3.05, 3.63) is 65.2 Å². The second kappa shape index (κ2) is 8.83. The quantitative estimate of drug-likeness (QED) is 0.564. The van der Waals surface area contributed by atoms with Gasteiger partial charge in [-0.1, -0.05) is 24.3 Å². The molecule has 0 unspecified atom stereocenters. The number of nitrogens with zero attached hydrogens (tertiary/aromatic N) is 1. The van der Waals surface area contributed by atoms with Gasteiger partial charge >= 0.3 is 5.97 Å². The van der Waals surface area contributed by atoms with Crippen molar-refractivity contribution in [1.82, 2.24) is 0 Å². The van der Waals surface area contributed by atoms with Crippen LogP contribution in [0.1, 0.15) is 53.0 Å². The van der Waals surface area contributed by atoms with Crippen molar-refractivity contribution in [2.24, 2.45) is 0 Å². The molecule has 0 atom stereocenters. The minimum absolute atomic E-state index is 0.0109. The predicted molar refractivity (Wildman–Crippen MR) is 108 cm³/mol. The van der Waals surface area contributed by atoms with Gasteiger partial charge in [-0.2, -0.15) is 0 Å². The van der Waals surface area contributed by atoms with Gasteiger partial charge in [-0.3, -0.25) is 14.4 Å². The number of anilines is 1. The van der Waals surface area contributed by atoms with Crippen LogP contribution in [0.25, 0.3) is 0 Å². The van der Waals surface area contributed by atoms with Gasteiger partial charge in [-0.15, -0.1) is 0 Å². The van der Waals surface area contributed by atoms with Crippen LogP contribution < -0.4 is 4.90 Å².